The molecular weight excluding hydrogens is 311 g/mol. The number of rotatable bonds is 2. The zero-order chi connectivity index (χ0) is 16.7. The van der Waals surface area contributed by atoms with Gasteiger partial charge in [0.2, 0.25) is 11.9 Å². The van der Waals surface area contributed by atoms with Crippen LogP contribution in [0, 0.1) is 5.82 Å². The third kappa shape index (κ3) is 2.47. The molecule has 0 radical (unpaired) electrons. The molecule has 7 nitrogen and oxygen atoms in total. The van der Waals surface area contributed by atoms with Crippen molar-refractivity contribution in [1.29, 1.82) is 0 Å². The number of aromatic nitrogens is 4. The molecule has 0 aliphatic carbocycles. The highest BCUT2D eigenvalue weighted by atomic mass is 19.1. The van der Waals surface area contributed by atoms with Gasteiger partial charge < -0.3 is 14.5 Å². The monoisotopic (exact) mass is 330 g/mol. The highest BCUT2D eigenvalue weighted by Gasteiger charge is 2.45. The maximum absolute atomic E-state index is 13.1. The Hall–Kier alpha value is -2.35. The van der Waals surface area contributed by atoms with Crippen molar-refractivity contribution < 1.29 is 9.13 Å². The van der Waals surface area contributed by atoms with Crippen molar-refractivity contribution >= 4 is 11.9 Å². The second-order valence-corrected chi connectivity index (χ2v) is 6.58. The largest absolute Gasteiger partial charge is 0.376 e. The zero-order valence-electron chi connectivity index (χ0n) is 13.7. The van der Waals surface area contributed by atoms with Crippen LogP contribution in [0.4, 0.5) is 16.3 Å². The summed E-state index contributed by atoms with van der Waals surface area (Å²) in [5.74, 6) is 0.816. The third-order valence-electron chi connectivity index (χ3n) is 4.63. The summed E-state index contributed by atoms with van der Waals surface area (Å²) in [6.07, 6.45) is 5.15. The smallest absolute Gasteiger partial charge is 0.225 e. The van der Waals surface area contributed by atoms with Gasteiger partial charge in [0.05, 0.1) is 36.7 Å². The van der Waals surface area contributed by atoms with Gasteiger partial charge in [-0.15, -0.1) is 0 Å². The van der Waals surface area contributed by atoms with E-state index in [4.69, 9.17) is 9.72 Å². The van der Waals surface area contributed by atoms with Gasteiger partial charge in [0, 0.05) is 38.9 Å². The standard InChI is InChI=1S/C16H19FN6O/c1-22(2)15-18-5-11-8-24-10-16(13(11)21-15)3-4-23(9-16)14-19-6-12(17)7-20-14/h5-7H,3-4,8-10H2,1-2H3/t16-/m0/s1. The molecule has 4 heterocycles. The van der Waals surface area contributed by atoms with Crippen LogP contribution in [-0.4, -0.2) is 53.7 Å². The Balaban J connectivity index is 1.68. The van der Waals surface area contributed by atoms with Crippen molar-refractivity contribution in [2.45, 2.75) is 18.4 Å². The molecular formula is C16H19FN6O. The Morgan fingerprint density at radius 3 is 2.75 bits per heavy atom. The SMILES string of the molecule is CN(C)c1ncc2c(n1)[C@]1(CCN(c3ncc(F)cn3)C1)COC2. The van der Waals surface area contributed by atoms with Crippen molar-refractivity contribution in [3.8, 4) is 0 Å². The predicted molar refractivity (Wildman–Crippen MR) is 86.5 cm³/mol. The fourth-order valence-corrected chi connectivity index (χ4v) is 3.43. The second-order valence-electron chi connectivity index (χ2n) is 6.58. The Labute approximate surface area is 139 Å². The van der Waals surface area contributed by atoms with Crippen molar-refractivity contribution in [3.05, 3.63) is 35.7 Å². The van der Waals surface area contributed by atoms with Crippen LogP contribution < -0.4 is 9.80 Å². The molecule has 0 N–H and O–H groups in total. The van der Waals surface area contributed by atoms with Gasteiger partial charge >= 0.3 is 0 Å². The van der Waals surface area contributed by atoms with Gasteiger partial charge in [-0.3, -0.25) is 0 Å². The molecule has 1 saturated heterocycles. The van der Waals surface area contributed by atoms with Crippen LogP contribution in [0.5, 0.6) is 0 Å². The summed E-state index contributed by atoms with van der Waals surface area (Å²) in [4.78, 5) is 21.3. The fraction of sp³-hybridized carbons (Fsp3) is 0.500. The van der Waals surface area contributed by atoms with Crippen LogP contribution in [0.3, 0.4) is 0 Å². The fourth-order valence-electron chi connectivity index (χ4n) is 3.43. The maximum Gasteiger partial charge on any atom is 0.225 e. The van der Waals surface area contributed by atoms with E-state index in [1.54, 1.807) is 0 Å². The van der Waals surface area contributed by atoms with Crippen LogP contribution in [0.2, 0.25) is 0 Å². The van der Waals surface area contributed by atoms with E-state index in [1.807, 2.05) is 25.2 Å². The highest BCUT2D eigenvalue weighted by molar-refractivity contribution is 5.42. The normalized spacial score (nSPS) is 22.7. The molecule has 24 heavy (non-hydrogen) atoms. The molecule has 2 aromatic heterocycles. The van der Waals surface area contributed by atoms with Crippen molar-refractivity contribution in [2.75, 3.05) is 43.6 Å². The van der Waals surface area contributed by atoms with Crippen LogP contribution in [-0.2, 0) is 16.8 Å². The second kappa shape index (κ2) is 5.62. The van der Waals surface area contributed by atoms with Gasteiger partial charge in [-0.1, -0.05) is 0 Å². The first kappa shape index (κ1) is 15.2. The molecule has 2 aliphatic rings. The third-order valence-corrected chi connectivity index (χ3v) is 4.63. The Bertz CT molecular complexity index is 753. The molecule has 1 atom stereocenters. The predicted octanol–water partition coefficient (Wildman–Crippen LogP) is 1.15. The summed E-state index contributed by atoms with van der Waals surface area (Å²) in [6, 6.07) is 0. The lowest BCUT2D eigenvalue weighted by molar-refractivity contribution is 0.0557. The van der Waals surface area contributed by atoms with Crippen LogP contribution in [0.25, 0.3) is 0 Å². The molecule has 0 unspecified atom stereocenters. The van der Waals surface area contributed by atoms with E-state index >= 15 is 0 Å². The minimum Gasteiger partial charge on any atom is -0.376 e. The molecule has 0 saturated carbocycles. The van der Waals surface area contributed by atoms with Gasteiger partial charge in [-0.25, -0.2) is 24.3 Å². The van der Waals surface area contributed by atoms with Gasteiger partial charge in [0.1, 0.15) is 0 Å². The number of fused-ring (bicyclic) bond motifs is 2. The Kier molecular flexibility index (Phi) is 3.56. The van der Waals surface area contributed by atoms with E-state index in [0.29, 0.717) is 31.7 Å². The van der Waals surface area contributed by atoms with Crippen LogP contribution in [0.15, 0.2) is 18.6 Å². The van der Waals surface area contributed by atoms with Crippen molar-refractivity contribution in [3.63, 3.8) is 0 Å². The van der Waals surface area contributed by atoms with E-state index in [2.05, 4.69) is 19.9 Å². The number of nitrogens with zero attached hydrogens (tertiary/aromatic N) is 6. The van der Waals surface area contributed by atoms with Gasteiger partial charge in [0.25, 0.3) is 0 Å². The summed E-state index contributed by atoms with van der Waals surface area (Å²) in [6.45, 7) is 2.64. The van der Waals surface area contributed by atoms with Gasteiger partial charge in [-0.2, -0.15) is 0 Å². The average Bonchev–Trinajstić information content (AvgIpc) is 3.00. The molecule has 0 aromatic carbocycles. The summed E-state index contributed by atoms with van der Waals surface area (Å²) >= 11 is 0. The first-order chi connectivity index (χ1) is 11.6. The number of halogens is 1. The Morgan fingerprint density at radius 1 is 1.21 bits per heavy atom. The molecule has 1 spiro atoms. The average molecular weight is 330 g/mol. The minimum atomic E-state index is -0.428. The molecule has 1 fully saturated rings. The summed E-state index contributed by atoms with van der Waals surface area (Å²) < 4.78 is 18.9. The summed E-state index contributed by atoms with van der Waals surface area (Å²) in [5, 5.41) is 0. The summed E-state index contributed by atoms with van der Waals surface area (Å²) in [5.41, 5.74) is 1.89. The number of ether oxygens (including phenoxy) is 1. The Morgan fingerprint density at radius 2 is 2.00 bits per heavy atom. The number of hydrogen-bond donors (Lipinski definition) is 0. The van der Waals surface area contributed by atoms with E-state index in [-0.39, 0.29) is 5.41 Å². The number of anilines is 2. The molecule has 2 aromatic rings. The summed E-state index contributed by atoms with van der Waals surface area (Å²) in [7, 11) is 3.86. The molecule has 0 bridgehead atoms. The lowest BCUT2D eigenvalue weighted by Gasteiger charge is -2.34. The minimum absolute atomic E-state index is 0.195. The molecule has 0 amide bonds. The van der Waals surface area contributed by atoms with Crippen LogP contribution >= 0.6 is 0 Å². The van der Waals surface area contributed by atoms with E-state index in [1.165, 1.54) is 12.4 Å². The van der Waals surface area contributed by atoms with Gasteiger partial charge in [-0.05, 0) is 6.42 Å². The topological polar surface area (TPSA) is 67.3 Å². The first-order valence-corrected chi connectivity index (χ1v) is 7.91. The molecule has 8 heteroatoms. The van der Waals surface area contributed by atoms with Crippen LogP contribution in [0.1, 0.15) is 17.7 Å². The van der Waals surface area contributed by atoms with Crippen molar-refractivity contribution in [1.82, 2.24) is 19.9 Å². The lowest BCUT2D eigenvalue weighted by atomic mass is 9.80. The number of hydrogen-bond acceptors (Lipinski definition) is 7. The quantitative estimate of drug-likeness (QED) is 0.818. The van der Waals surface area contributed by atoms with E-state index in [0.717, 1.165) is 24.2 Å². The molecule has 126 valence electrons. The van der Waals surface area contributed by atoms with E-state index in [9.17, 15) is 4.39 Å². The maximum atomic E-state index is 13.1. The lowest BCUT2D eigenvalue weighted by Crippen LogP contribution is -2.41. The zero-order valence-corrected chi connectivity index (χ0v) is 13.7. The van der Waals surface area contributed by atoms with E-state index < -0.39 is 5.82 Å². The molecule has 4 rings (SSSR count). The highest BCUT2D eigenvalue weighted by Crippen LogP contribution is 2.40. The molecule has 2 aliphatic heterocycles. The van der Waals surface area contributed by atoms with Crippen molar-refractivity contribution in [2.24, 2.45) is 0 Å². The first-order valence-electron chi connectivity index (χ1n) is 7.91. The van der Waals surface area contributed by atoms with Gasteiger partial charge in [0.15, 0.2) is 5.82 Å².